The third-order valence-corrected chi connectivity index (χ3v) is 5.54. The van der Waals surface area contributed by atoms with Crippen LogP contribution in [0.1, 0.15) is 10.5 Å². The van der Waals surface area contributed by atoms with Crippen LogP contribution in [0.25, 0.3) is 10.9 Å². The first-order valence-corrected chi connectivity index (χ1v) is 9.53. The van der Waals surface area contributed by atoms with Gasteiger partial charge >= 0.3 is 0 Å². The fraction of sp³-hybridized carbons (Fsp3) is 0.318. The molecule has 1 aromatic heterocycles. The number of nitrogens with zero attached hydrogens (tertiary/aromatic N) is 3. The highest BCUT2D eigenvalue weighted by Gasteiger charge is 2.26. The number of hydrogen-bond donors (Lipinski definition) is 0. The Kier molecular flexibility index (Phi) is 5.05. The van der Waals surface area contributed by atoms with E-state index in [1.165, 1.54) is 12.1 Å². The molecular formula is C22H24FN3O3. The lowest BCUT2D eigenvalue weighted by atomic mass is 10.2. The van der Waals surface area contributed by atoms with Crippen molar-refractivity contribution in [1.82, 2.24) is 9.47 Å². The first-order chi connectivity index (χ1) is 14.0. The van der Waals surface area contributed by atoms with Crippen molar-refractivity contribution >= 4 is 22.5 Å². The van der Waals surface area contributed by atoms with Crippen LogP contribution in [0.15, 0.2) is 42.5 Å². The van der Waals surface area contributed by atoms with Gasteiger partial charge in [0.15, 0.2) is 0 Å². The Morgan fingerprint density at radius 1 is 0.931 bits per heavy atom. The molecule has 2 aromatic carbocycles. The van der Waals surface area contributed by atoms with Crippen LogP contribution in [0.2, 0.25) is 0 Å². The van der Waals surface area contributed by atoms with Crippen LogP contribution in [0.3, 0.4) is 0 Å². The summed E-state index contributed by atoms with van der Waals surface area (Å²) in [5.41, 5.74) is 2.40. The smallest absolute Gasteiger partial charge is 0.270 e. The van der Waals surface area contributed by atoms with Gasteiger partial charge in [0.1, 0.15) is 23.0 Å². The number of hydrogen-bond acceptors (Lipinski definition) is 4. The lowest BCUT2D eigenvalue weighted by Crippen LogP contribution is -2.49. The van der Waals surface area contributed by atoms with Crippen molar-refractivity contribution in [2.45, 2.75) is 0 Å². The van der Waals surface area contributed by atoms with Gasteiger partial charge in [-0.25, -0.2) is 4.39 Å². The maximum absolute atomic E-state index is 13.2. The standard InChI is InChI=1S/C22H24FN3O3/c1-24-18(14-17-19(28-2)8-9-20(29-3)21(17)24)22(27)26-12-10-25(11-13-26)16-6-4-15(23)5-7-16/h4-9,14H,10-13H2,1-3H3. The summed E-state index contributed by atoms with van der Waals surface area (Å²) in [5.74, 6) is 1.14. The molecule has 2 heterocycles. The van der Waals surface area contributed by atoms with E-state index in [0.717, 1.165) is 16.6 Å². The van der Waals surface area contributed by atoms with Crippen LogP contribution in [-0.2, 0) is 7.05 Å². The van der Waals surface area contributed by atoms with E-state index in [1.807, 2.05) is 34.7 Å². The van der Waals surface area contributed by atoms with Gasteiger partial charge in [-0.2, -0.15) is 0 Å². The number of carbonyl (C=O) groups excluding carboxylic acids is 1. The van der Waals surface area contributed by atoms with Gasteiger partial charge in [0.05, 0.1) is 19.7 Å². The molecule has 4 rings (SSSR count). The molecule has 0 unspecified atom stereocenters. The quantitative estimate of drug-likeness (QED) is 0.678. The molecule has 29 heavy (non-hydrogen) atoms. The highest BCUT2D eigenvalue weighted by atomic mass is 19.1. The summed E-state index contributed by atoms with van der Waals surface area (Å²) >= 11 is 0. The highest BCUT2D eigenvalue weighted by molar-refractivity contribution is 6.02. The molecule has 6 nitrogen and oxygen atoms in total. The van der Waals surface area contributed by atoms with Crippen molar-refractivity contribution in [3.63, 3.8) is 0 Å². The molecule has 7 heteroatoms. The van der Waals surface area contributed by atoms with Crippen molar-refractivity contribution in [2.75, 3.05) is 45.3 Å². The van der Waals surface area contributed by atoms with Gasteiger partial charge in [-0.15, -0.1) is 0 Å². The molecule has 0 N–H and O–H groups in total. The normalized spacial score (nSPS) is 14.3. The van der Waals surface area contributed by atoms with Gasteiger partial charge in [0.2, 0.25) is 0 Å². The SMILES string of the molecule is COc1ccc(OC)c2c1cc(C(=O)N1CCN(c3ccc(F)cc3)CC1)n2C. The zero-order valence-electron chi connectivity index (χ0n) is 16.8. The molecule has 0 atom stereocenters. The Hall–Kier alpha value is -3.22. The number of aryl methyl sites for hydroxylation is 1. The average Bonchev–Trinajstić information content (AvgIpc) is 3.11. The minimum Gasteiger partial charge on any atom is -0.496 e. The summed E-state index contributed by atoms with van der Waals surface area (Å²) in [7, 11) is 5.10. The monoisotopic (exact) mass is 397 g/mol. The summed E-state index contributed by atoms with van der Waals surface area (Å²) < 4.78 is 26.0. The highest BCUT2D eigenvalue weighted by Crippen LogP contribution is 2.35. The molecule has 0 spiro atoms. The maximum Gasteiger partial charge on any atom is 0.270 e. The largest absolute Gasteiger partial charge is 0.496 e. The summed E-state index contributed by atoms with van der Waals surface area (Å²) in [6, 6.07) is 12.0. The number of methoxy groups -OCH3 is 2. The molecule has 0 radical (unpaired) electrons. The summed E-state index contributed by atoms with van der Waals surface area (Å²) in [4.78, 5) is 17.3. The van der Waals surface area contributed by atoms with Gasteiger partial charge < -0.3 is 23.8 Å². The lowest BCUT2D eigenvalue weighted by Gasteiger charge is -2.36. The number of rotatable bonds is 4. The molecular weight excluding hydrogens is 373 g/mol. The maximum atomic E-state index is 13.2. The first kappa shape index (κ1) is 19.1. The molecule has 1 aliphatic rings. The second kappa shape index (κ2) is 7.66. The first-order valence-electron chi connectivity index (χ1n) is 9.53. The minimum atomic E-state index is -0.246. The van der Waals surface area contributed by atoms with Crippen molar-refractivity contribution < 1.29 is 18.7 Å². The Labute approximate surface area is 169 Å². The molecule has 1 aliphatic heterocycles. The second-order valence-electron chi connectivity index (χ2n) is 7.08. The molecule has 0 saturated carbocycles. The number of carbonyl (C=O) groups is 1. The van der Waals surface area contributed by atoms with E-state index in [1.54, 1.807) is 26.4 Å². The molecule has 1 fully saturated rings. The van der Waals surface area contributed by atoms with Gasteiger partial charge in [0.25, 0.3) is 5.91 Å². The van der Waals surface area contributed by atoms with Crippen LogP contribution in [0.4, 0.5) is 10.1 Å². The number of amides is 1. The van der Waals surface area contributed by atoms with Crippen LogP contribution >= 0.6 is 0 Å². The van der Waals surface area contributed by atoms with E-state index >= 15 is 0 Å². The molecule has 1 amide bonds. The van der Waals surface area contributed by atoms with Crippen molar-refractivity contribution in [2.24, 2.45) is 7.05 Å². The Morgan fingerprint density at radius 2 is 1.55 bits per heavy atom. The van der Waals surface area contributed by atoms with Crippen molar-refractivity contribution in [3.8, 4) is 11.5 Å². The van der Waals surface area contributed by atoms with Crippen LogP contribution in [-0.4, -0.2) is 55.8 Å². The van der Waals surface area contributed by atoms with Crippen LogP contribution in [0.5, 0.6) is 11.5 Å². The minimum absolute atomic E-state index is 0.0217. The predicted molar refractivity (Wildman–Crippen MR) is 111 cm³/mol. The van der Waals surface area contributed by atoms with Gasteiger partial charge in [-0.3, -0.25) is 4.79 Å². The van der Waals surface area contributed by atoms with Gasteiger partial charge in [-0.05, 0) is 42.5 Å². The number of benzene rings is 2. The van der Waals surface area contributed by atoms with E-state index in [2.05, 4.69) is 4.90 Å². The summed E-state index contributed by atoms with van der Waals surface area (Å²) in [6.45, 7) is 2.61. The molecule has 0 aliphatic carbocycles. The second-order valence-corrected chi connectivity index (χ2v) is 7.08. The van der Waals surface area contributed by atoms with E-state index in [0.29, 0.717) is 43.4 Å². The molecule has 152 valence electrons. The zero-order chi connectivity index (χ0) is 20.5. The predicted octanol–water partition coefficient (Wildman–Crippen LogP) is 3.30. The van der Waals surface area contributed by atoms with Crippen molar-refractivity contribution in [3.05, 3.63) is 54.0 Å². The number of piperazine rings is 1. The third kappa shape index (κ3) is 3.37. The van der Waals surface area contributed by atoms with E-state index < -0.39 is 0 Å². The zero-order valence-corrected chi connectivity index (χ0v) is 16.8. The molecule has 1 saturated heterocycles. The van der Waals surface area contributed by atoms with Gasteiger partial charge in [-0.1, -0.05) is 0 Å². The van der Waals surface area contributed by atoms with E-state index in [9.17, 15) is 9.18 Å². The van der Waals surface area contributed by atoms with Crippen molar-refractivity contribution in [1.29, 1.82) is 0 Å². The molecule has 0 bridgehead atoms. The fourth-order valence-electron chi connectivity index (χ4n) is 3.94. The topological polar surface area (TPSA) is 46.9 Å². The number of fused-ring (bicyclic) bond motifs is 1. The number of ether oxygens (including phenoxy) is 2. The Bertz CT molecular complexity index is 1040. The van der Waals surface area contributed by atoms with Crippen LogP contribution < -0.4 is 14.4 Å². The average molecular weight is 397 g/mol. The summed E-state index contributed by atoms with van der Waals surface area (Å²) in [5, 5.41) is 0.850. The summed E-state index contributed by atoms with van der Waals surface area (Å²) in [6.07, 6.45) is 0. The van der Waals surface area contributed by atoms with Crippen LogP contribution in [0, 0.1) is 5.82 Å². The number of halogens is 1. The number of anilines is 1. The van der Waals surface area contributed by atoms with E-state index in [4.69, 9.17) is 9.47 Å². The fourth-order valence-corrected chi connectivity index (χ4v) is 3.94. The Morgan fingerprint density at radius 3 is 2.17 bits per heavy atom. The van der Waals surface area contributed by atoms with Gasteiger partial charge in [0, 0.05) is 44.3 Å². The van der Waals surface area contributed by atoms with E-state index in [-0.39, 0.29) is 11.7 Å². The molecule has 3 aromatic rings. The number of aromatic nitrogens is 1. The Balaban J connectivity index is 1.57. The lowest BCUT2D eigenvalue weighted by molar-refractivity contribution is 0.0737. The third-order valence-electron chi connectivity index (χ3n) is 5.54.